The van der Waals surface area contributed by atoms with Gasteiger partial charge < -0.3 is 9.63 Å². The van der Waals surface area contributed by atoms with Gasteiger partial charge in [-0.3, -0.25) is 0 Å². The minimum absolute atomic E-state index is 0.228. The van der Waals surface area contributed by atoms with Crippen molar-refractivity contribution < 1.29 is 9.63 Å². The molecular formula is C21H21NO2. The molecule has 2 aromatic carbocycles. The fourth-order valence-corrected chi connectivity index (χ4v) is 3.43. The summed E-state index contributed by atoms with van der Waals surface area (Å²) in [5.74, 6) is 0.828. The van der Waals surface area contributed by atoms with Gasteiger partial charge in [0.05, 0.1) is 5.56 Å². The van der Waals surface area contributed by atoms with Crippen molar-refractivity contribution in [1.82, 2.24) is 5.16 Å². The Morgan fingerprint density at radius 1 is 0.917 bits per heavy atom. The summed E-state index contributed by atoms with van der Waals surface area (Å²) in [7, 11) is 0. The first-order valence-corrected chi connectivity index (χ1v) is 8.51. The smallest absolute Gasteiger partial charge is 0.171 e. The van der Waals surface area contributed by atoms with Crippen LogP contribution in [-0.2, 0) is 12.8 Å². The summed E-state index contributed by atoms with van der Waals surface area (Å²) >= 11 is 0. The molecule has 0 amide bonds. The summed E-state index contributed by atoms with van der Waals surface area (Å²) in [4.78, 5) is 0. The maximum absolute atomic E-state index is 10.2. The molecule has 0 spiro atoms. The van der Waals surface area contributed by atoms with Crippen molar-refractivity contribution >= 4 is 0 Å². The van der Waals surface area contributed by atoms with Crippen LogP contribution in [0.25, 0.3) is 22.6 Å². The Morgan fingerprint density at radius 2 is 1.67 bits per heavy atom. The summed E-state index contributed by atoms with van der Waals surface area (Å²) in [5, 5.41) is 14.4. The molecule has 0 bridgehead atoms. The number of benzene rings is 2. The molecule has 0 radical (unpaired) electrons. The summed E-state index contributed by atoms with van der Waals surface area (Å²) in [6.07, 6.45) is 4.87. The van der Waals surface area contributed by atoms with Crippen LogP contribution < -0.4 is 0 Å². The summed E-state index contributed by atoms with van der Waals surface area (Å²) < 4.78 is 5.51. The van der Waals surface area contributed by atoms with Crippen molar-refractivity contribution in [3.63, 3.8) is 0 Å². The molecule has 0 saturated carbocycles. The second-order valence-electron chi connectivity index (χ2n) is 6.72. The van der Waals surface area contributed by atoms with Crippen LogP contribution in [-0.4, -0.2) is 10.3 Å². The van der Waals surface area contributed by atoms with Crippen LogP contribution in [0, 0.1) is 13.8 Å². The van der Waals surface area contributed by atoms with Crippen LogP contribution in [0.5, 0.6) is 5.75 Å². The molecule has 4 rings (SSSR count). The van der Waals surface area contributed by atoms with Crippen molar-refractivity contribution in [1.29, 1.82) is 0 Å². The highest BCUT2D eigenvalue weighted by Crippen LogP contribution is 2.35. The fraction of sp³-hybridized carbons (Fsp3) is 0.286. The van der Waals surface area contributed by atoms with E-state index in [0.717, 1.165) is 28.8 Å². The highest BCUT2D eigenvalue weighted by atomic mass is 16.5. The van der Waals surface area contributed by atoms with Gasteiger partial charge in [-0.1, -0.05) is 17.3 Å². The van der Waals surface area contributed by atoms with E-state index in [9.17, 15) is 5.11 Å². The topological polar surface area (TPSA) is 46.3 Å². The van der Waals surface area contributed by atoms with Crippen LogP contribution in [0.1, 0.15) is 35.1 Å². The average Bonchev–Trinajstić information content (AvgIpc) is 3.07. The average molecular weight is 319 g/mol. The molecule has 122 valence electrons. The first kappa shape index (κ1) is 15.0. The lowest BCUT2D eigenvalue weighted by molar-refractivity contribution is 0.428. The van der Waals surface area contributed by atoms with Crippen molar-refractivity contribution in [2.24, 2.45) is 0 Å². The molecule has 1 heterocycles. The van der Waals surface area contributed by atoms with Gasteiger partial charge in [0.2, 0.25) is 0 Å². The number of hydrogen-bond donors (Lipinski definition) is 1. The first-order valence-electron chi connectivity index (χ1n) is 8.51. The predicted molar refractivity (Wildman–Crippen MR) is 95.2 cm³/mol. The highest BCUT2D eigenvalue weighted by Gasteiger charge is 2.15. The number of rotatable bonds is 2. The van der Waals surface area contributed by atoms with Crippen LogP contribution in [0.15, 0.2) is 40.9 Å². The molecular weight excluding hydrogens is 298 g/mol. The molecule has 1 N–H and O–H groups in total. The molecule has 0 unspecified atom stereocenters. The number of aromatic hydroxyl groups is 1. The maximum atomic E-state index is 10.2. The van der Waals surface area contributed by atoms with Crippen LogP contribution >= 0.6 is 0 Å². The van der Waals surface area contributed by atoms with Gasteiger partial charge in [-0.25, -0.2) is 0 Å². The molecule has 24 heavy (non-hydrogen) atoms. The second kappa shape index (κ2) is 5.82. The number of phenolic OH excluding ortho intramolecular Hbond substituents is 1. The molecule has 0 fully saturated rings. The zero-order valence-electron chi connectivity index (χ0n) is 14.1. The Bertz CT molecular complexity index is 908. The van der Waals surface area contributed by atoms with Gasteiger partial charge in [0.1, 0.15) is 11.4 Å². The lowest BCUT2D eigenvalue weighted by Crippen LogP contribution is -2.02. The molecule has 0 atom stereocenters. The van der Waals surface area contributed by atoms with Gasteiger partial charge >= 0.3 is 0 Å². The third-order valence-electron chi connectivity index (χ3n) is 5.03. The molecule has 1 aromatic heterocycles. The predicted octanol–water partition coefficient (Wildman–Crippen LogP) is 5.21. The fourth-order valence-electron chi connectivity index (χ4n) is 3.43. The minimum Gasteiger partial charge on any atom is -0.507 e. The SMILES string of the molecule is Cc1cc(O)c(-c2cc(-c3ccc4c(c3)CCCC4)no2)cc1C. The lowest BCUT2D eigenvalue weighted by atomic mass is 9.90. The number of hydrogen-bond acceptors (Lipinski definition) is 3. The summed E-state index contributed by atoms with van der Waals surface area (Å²) in [6.45, 7) is 4.01. The Morgan fingerprint density at radius 3 is 2.50 bits per heavy atom. The van der Waals surface area contributed by atoms with E-state index in [2.05, 4.69) is 23.4 Å². The third kappa shape index (κ3) is 2.60. The normalized spacial score (nSPS) is 13.8. The van der Waals surface area contributed by atoms with E-state index in [1.54, 1.807) is 6.07 Å². The van der Waals surface area contributed by atoms with E-state index >= 15 is 0 Å². The largest absolute Gasteiger partial charge is 0.507 e. The Hall–Kier alpha value is -2.55. The van der Waals surface area contributed by atoms with E-state index in [1.165, 1.54) is 30.4 Å². The van der Waals surface area contributed by atoms with Crippen molar-refractivity contribution in [2.75, 3.05) is 0 Å². The number of aromatic nitrogens is 1. The van der Waals surface area contributed by atoms with E-state index in [4.69, 9.17) is 4.52 Å². The van der Waals surface area contributed by atoms with E-state index < -0.39 is 0 Å². The lowest BCUT2D eigenvalue weighted by Gasteiger charge is -2.15. The molecule has 3 aromatic rings. The molecule has 0 aliphatic heterocycles. The molecule has 3 nitrogen and oxygen atoms in total. The van der Waals surface area contributed by atoms with E-state index in [-0.39, 0.29) is 5.75 Å². The van der Waals surface area contributed by atoms with Crippen molar-refractivity contribution in [3.05, 3.63) is 58.7 Å². The van der Waals surface area contributed by atoms with Gasteiger partial charge in [0.25, 0.3) is 0 Å². The van der Waals surface area contributed by atoms with E-state index in [0.29, 0.717) is 11.3 Å². The van der Waals surface area contributed by atoms with Gasteiger partial charge in [0.15, 0.2) is 5.76 Å². The Labute approximate surface area is 141 Å². The second-order valence-corrected chi connectivity index (χ2v) is 6.72. The van der Waals surface area contributed by atoms with Crippen molar-refractivity contribution in [3.8, 4) is 28.3 Å². The van der Waals surface area contributed by atoms with Crippen molar-refractivity contribution in [2.45, 2.75) is 39.5 Å². The zero-order chi connectivity index (χ0) is 16.7. The Kier molecular flexibility index (Phi) is 3.64. The number of aryl methyl sites for hydroxylation is 4. The summed E-state index contributed by atoms with van der Waals surface area (Å²) in [5.41, 5.74) is 7.65. The van der Waals surface area contributed by atoms with Crippen LogP contribution in [0.3, 0.4) is 0 Å². The van der Waals surface area contributed by atoms with Gasteiger partial charge in [0, 0.05) is 11.6 Å². The maximum Gasteiger partial charge on any atom is 0.171 e. The van der Waals surface area contributed by atoms with Gasteiger partial charge in [-0.15, -0.1) is 0 Å². The zero-order valence-corrected chi connectivity index (χ0v) is 14.1. The molecule has 1 aliphatic carbocycles. The van der Waals surface area contributed by atoms with Crippen LogP contribution in [0.4, 0.5) is 0 Å². The monoisotopic (exact) mass is 319 g/mol. The third-order valence-corrected chi connectivity index (χ3v) is 5.03. The number of phenols is 1. The van der Waals surface area contributed by atoms with Gasteiger partial charge in [-0.2, -0.15) is 0 Å². The first-order chi connectivity index (χ1) is 11.6. The quantitative estimate of drug-likeness (QED) is 0.705. The number of nitrogens with zero attached hydrogens (tertiary/aromatic N) is 1. The highest BCUT2D eigenvalue weighted by molar-refractivity contribution is 5.72. The molecule has 3 heteroatoms. The molecule has 0 saturated heterocycles. The van der Waals surface area contributed by atoms with E-state index in [1.807, 2.05) is 26.0 Å². The summed E-state index contributed by atoms with van der Waals surface area (Å²) in [6, 6.07) is 12.2. The molecule has 1 aliphatic rings. The number of fused-ring (bicyclic) bond motifs is 1. The minimum atomic E-state index is 0.228. The standard InChI is InChI=1S/C21H21NO2/c1-13-9-18(20(23)10-14(13)2)21-12-19(22-24-21)17-8-7-15-5-3-4-6-16(15)11-17/h7-12,23H,3-6H2,1-2H3. The Balaban J connectivity index is 1.72. The van der Waals surface area contributed by atoms with Gasteiger partial charge in [-0.05, 0) is 80.0 Å². The van der Waals surface area contributed by atoms with Crippen LogP contribution in [0.2, 0.25) is 0 Å².